The summed E-state index contributed by atoms with van der Waals surface area (Å²) in [5.74, 6) is 1.66. The molecule has 1 aliphatic rings. The van der Waals surface area contributed by atoms with Gasteiger partial charge in [0.25, 0.3) is 0 Å². The van der Waals surface area contributed by atoms with Crippen LogP contribution in [0.15, 0.2) is 42.5 Å². The molecule has 0 aliphatic heterocycles. The highest BCUT2D eigenvalue weighted by atomic mass is 35.5. The molecule has 26 heavy (non-hydrogen) atoms. The minimum Gasteiger partial charge on any atom is -0.493 e. The van der Waals surface area contributed by atoms with Gasteiger partial charge in [-0.1, -0.05) is 61.2 Å². The SMILES string of the molecule is COc1cccc(CNC2CCCCC2)c1OCc1ccc(C)cc1.Cl. The van der Waals surface area contributed by atoms with Crippen LogP contribution in [0.25, 0.3) is 0 Å². The van der Waals surface area contributed by atoms with Crippen molar-refractivity contribution in [3.05, 3.63) is 59.2 Å². The summed E-state index contributed by atoms with van der Waals surface area (Å²) in [5.41, 5.74) is 3.60. The molecule has 0 unspecified atom stereocenters. The van der Waals surface area contributed by atoms with Crippen molar-refractivity contribution < 1.29 is 9.47 Å². The van der Waals surface area contributed by atoms with E-state index < -0.39 is 0 Å². The first-order chi connectivity index (χ1) is 12.3. The van der Waals surface area contributed by atoms with Gasteiger partial charge in [0.2, 0.25) is 0 Å². The number of nitrogens with one attached hydrogen (secondary N) is 1. The average Bonchev–Trinajstić information content (AvgIpc) is 2.67. The Hall–Kier alpha value is -1.71. The predicted molar refractivity (Wildman–Crippen MR) is 109 cm³/mol. The molecule has 142 valence electrons. The molecule has 0 atom stereocenters. The smallest absolute Gasteiger partial charge is 0.166 e. The first kappa shape index (κ1) is 20.6. The second-order valence-corrected chi connectivity index (χ2v) is 6.94. The molecule has 1 aliphatic carbocycles. The Morgan fingerprint density at radius 1 is 1.00 bits per heavy atom. The predicted octanol–water partition coefficient (Wildman–Crippen LogP) is 5.43. The summed E-state index contributed by atoms with van der Waals surface area (Å²) in [6, 6.07) is 15.2. The van der Waals surface area contributed by atoms with Gasteiger partial charge in [-0.15, -0.1) is 12.4 Å². The van der Waals surface area contributed by atoms with E-state index in [1.165, 1.54) is 43.2 Å². The Morgan fingerprint density at radius 3 is 2.42 bits per heavy atom. The maximum atomic E-state index is 6.16. The number of methoxy groups -OCH3 is 1. The lowest BCUT2D eigenvalue weighted by molar-refractivity contribution is 0.279. The fourth-order valence-electron chi connectivity index (χ4n) is 3.43. The zero-order valence-electron chi connectivity index (χ0n) is 15.8. The first-order valence-electron chi connectivity index (χ1n) is 9.34. The van der Waals surface area contributed by atoms with Crippen LogP contribution in [-0.2, 0) is 13.2 Å². The van der Waals surface area contributed by atoms with Crippen LogP contribution in [-0.4, -0.2) is 13.2 Å². The van der Waals surface area contributed by atoms with E-state index in [1.807, 2.05) is 12.1 Å². The molecule has 0 spiro atoms. The number of para-hydroxylation sites is 1. The van der Waals surface area contributed by atoms with Gasteiger partial charge in [0.1, 0.15) is 6.61 Å². The molecular formula is C22H30ClNO2. The molecule has 3 nitrogen and oxygen atoms in total. The lowest BCUT2D eigenvalue weighted by Gasteiger charge is -2.24. The maximum absolute atomic E-state index is 6.16. The zero-order chi connectivity index (χ0) is 17.5. The Morgan fingerprint density at radius 2 is 1.73 bits per heavy atom. The second kappa shape index (κ2) is 10.4. The van der Waals surface area contributed by atoms with E-state index in [0.29, 0.717) is 12.6 Å². The summed E-state index contributed by atoms with van der Waals surface area (Å²) >= 11 is 0. The standard InChI is InChI=1S/C22H29NO2.ClH/c1-17-11-13-18(14-12-17)16-25-22-19(7-6-10-21(22)24-2)15-23-20-8-4-3-5-9-20;/h6-7,10-14,20,23H,3-5,8-9,15-16H2,1-2H3;1H. The van der Waals surface area contributed by atoms with Crippen molar-refractivity contribution in [1.29, 1.82) is 0 Å². The molecule has 0 amide bonds. The molecule has 1 saturated carbocycles. The Balaban J connectivity index is 0.00000243. The van der Waals surface area contributed by atoms with Gasteiger partial charge >= 0.3 is 0 Å². The van der Waals surface area contributed by atoms with E-state index in [2.05, 4.69) is 42.6 Å². The molecule has 1 N–H and O–H groups in total. The van der Waals surface area contributed by atoms with Crippen LogP contribution in [0, 0.1) is 6.92 Å². The van der Waals surface area contributed by atoms with Crippen LogP contribution in [0.1, 0.15) is 48.8 Å². The molecule has 0 radical (unpaired) electrons. The Bertz CT molecular complexity index is 666. The van der Waals surface area contributed by atoms with Gasteiger partial charge in [-0.05, 0) is 31.4 Å². The number of benzene rings is 2. The number of aryl methyl sites for hydroxylation is 1. The molecule has 0 bridgehead atoms. The minimum absolute atomic E-state index is 0. The number of ether oxygens (including phenoxy) is 2. The average molecular weight is 376 g/mol. The highest BCUT2D eigenvalue weighted by Crippen LogP contribution is 2.32. The summed E-state index contributed by atoms with van der Waals surface area (Å²) in [7, 11) is 1.70. The highest BCUT2D eigenvalue weighted by Gasteiger charge is 2.15. The van der Waals surface area contributed by atoms with Crippen LogP contribution in [0.2, 0.25) is 0 Å². The van der Waals surface area contributed by atoms with Crippen molar-refractivity contribution in [1.82, 2.24) is 5.32 Å². The monoisotopic (exact) mass is 375 g/mol. The molecule has 1 fully saturated rings. The van der Waals surface area contributed by atoms with Crippen LogP contribution in [0.3, 0.4) is 0 Å². The fraction of sp³-hybridized carbons (Fsp3) is 0.455. The molecule has 0 aromatic heterocycles. The van der Waals surface area contributed by atoms with E-state index in [0.717, 1.165) is 23.6 Å². The maximum Gasteiger partial charge on any atom is 0.166 e. The van der Waals surface area contributed by atoms with Gasteiger partial charge in [0.15, 0.2) is 11.5 Å². The fourth-order valence-corrected chi connectivity index (χ4v) is 3.43. The summed E-state index contributed by atoms with van der Waals surface area (Å²) in [6.45, 7) is 3.47. The van der Waals surface area contributed by atoms with E-state index in [-0.39, 0.29) is 12.4 Å². The van der Waals surface area contributed by atoms with Crippen molar-refractivity contribution in [3.63, 3.8) is 0 Å². The third-order valence-electron chi connectivity index (χ3n) is 4.97. The topological polar surface area (TPSA) is 30.5 Å². The molecule has 0 saturated heterocycles. The highest BCUT2D eigenvalue weighted by molar-refractivity contribution is 5.85. The summed E-state index contributed by atoms with van der Waals surface area (Å²) in [5, 5.41) is 3.70. The van der Waals surface area contributed by atoms with Crippen LogP contribution in [0.4, 0.5) is 0 Å². The van der Waals surface area contributed by atoms with E-state index in [4.69, 9.17) is 9.47 Å². The quantitative estimate of drug-likeness (QED) is 0.700. The number of hydrogen-bond acceptors (Lipinski definition) is 3. The number of rotatable bonds is 7. The van der Waals surface area contributed by atoms with Gasteiger partial charge < -0.3 is 14.8 Å². The molecule has 0 heterocycles. The van der Waals surface area contributed by atoms with Gasteiger partial charge in [0.05, 0.1) is 7.11 Å². The van der Waals surface area contributed by atoms with E-state index in [1.54, 1.807) is 7.11 Å². The van der Waals surface area contributed by atoms with Crippen LogP contribution in [0.5, 0.6) is 11.5 Å². The number of hydrogen-bond donors (Lipinski definition) is 1. The van der Waals surface area contributed by atoms with Gasteiger partial charge in [-0.2, -0.15) is 0 Å². The lowest BCUT2D eigenvalue weighted by Crippen LogP contribution is -2.30. The van der Waals surface area contributed by atoms with Crippen molar-refractivity contribution in [2.45, 2.75) is 58.2 Å². The molecule has 4 heteroatoms. The molecular weight excluding hydrogens is 346 g/mol. The van der Waals surface area contributed by atoms with Crippen LogP contribution >= 0.6 is 12.4 Å². The van der Waals surface area contributed by atoms with E-state index in [9.17, 15) is 0 Å². The van der Waals surface area contributed by atoms with Crippen molar-refractivity contribution >= 4 is 12.4 Å². The van der Waals surface area contributed by atoms with Gasteiger partial charge in [0, 0.05) is 18.2 Å². The van der Waals surface area contributed by atoms with E-state index >= 15 is 0 Å². The largest absolute Gasteiger partial charge is 0.493 e. The Labute approximate surface area is 163 Å². The molecule has 3 rings (SSSR count). The summed E-state index contributed by atoms with van der Waals surface area (Å²) in [4.78, 5) is 0. The first-order valence-corrected chi connectivity index (χ1v) is 9.34. The normalized spacial score (nSPS) is 14.5. The van der Waals surface area contributed by atoms with Crippen molar-refractivity contribution in [2.75, 3.05) is 7.11 Å². The van der Waals surface area contributed by atoms with Gasteiger partial charge in [-0.3, -0.25) is 0 Å². The number of halogens is 1. The minimum atomic E-state index is 0. The lowest BCUT2D eigenvalue weighted by atomic mass is 9.95. The van der Waals surface area contributed by atoms with Crippen molar-refractivity contribution in [3.8, 4) is 11.5 Å². The third-order valence-corrected chi connectivity index (χ3v) is 4.97. The Kier molecular flexibility index (Phi) is 8.27. The zero-order valence-corrected chi connectivity index (χ0v) is 16.6. The third kappa shape index (κ3) is 5.65. The second-order valence-electron chi connectivity index (χ2n) is 6.94. The molecule has 2 aromatic carbocycles. The van der Waals surface area contributed by atoms with Gasteiger partial charge in [-0.25, -0.2) is 0 Å². The molecule has 2 aromatic rings. The summed E-state index contributed by atoms with van der Waals surface area (Å²) in [6.07, 6.45) is 6.62. The van der Waals surface area contributed by atoms with Crippen LogP contribution < -0.4 is 14.8 Å². The summed E-state index contributed by atoms with van der Waals surface area (Å²) < 4.78 is 11.7. The van der Waals surface area contributed by atoms with Crippen molar-refractivity contribution in [2.24, 2.45) is 0 Å².